The molecule has 0 saturated carbocycles. The fourth-order valence-electron chi connectivity index (χ4n) is 2.58. The molecule has 2 aromatic rings. The van der Waals surface area contributed by atoms with E-state index in [0.717, 1.165) is 24.2 Å². The second-order valence-corrected chi connectivity index (χ2v) is 5.83. The summed E-state index contributed by atoms with van der Waals surface area (Å²) in [6.07, 6.45) is 0.734. The molecule has 1 amide bonds. The van der Waals surface area contributed by atoms with Crippen LogP contribution in [0.15, 0.2) is 46.9 Å². The second-order valence-electron chi connectivity index (χ2n) is 4.98. The van der Waals surface area contributed by atoms with E-state index in [2.05, 4.69) is 26.6 Å². The molecule has 3 rings (SSSR count). The Morgan fingerprint density at radius 1 is 1.24 bits per heavy atom. The van der Waals surface area contributed by atoms with E-state index in [-0.39, 0.29) is 17.6 Å². The van der Waals surface area contributed by atoms with E-state index in [1.165, 1.54) is 0 Å². The summed E-state index contributed by atoms with van der Waals surface area (Å²) >= 11 is 3.25. The number of rotatable bonds is 2. The van der Waals surface area contributed by atoms with Crippen molar-refractivity contribution in [3.63, 3.8) is 0 Å². The van der Waals surface area contributed by atoms with Crippen LogP contribution in [0.1, 0.15) is 17.9 Å². The molecule has 1 heterocycles. The molecule has 0 bridgehead atoms. The Labute approximate surface area is 131 Å². The van der Waals surface area contributed by atoms with Crippen LogP contribution in [0.2, 0.25) is 0 Å². The zero-order valence-corrected chi connectivity index (χ0v) is 12.9. The number of hydrogen-bond donors (Lipinski definition) is 3. The van der Waals surface area contributed by atoms with Crippen LogP contribution in [0.5, 0.6) is 5.75 Å². The summed E-state index contributed by atoms with van der Waals surface area (Å²) in [4.78, 5) is 12.5. The van der Waals surface area contributed by atoms with Gasteiger partial charge in [-0.2, -0.15) is 0 Å². The summed E-state index contributed by atoms with van der Waals surface area (Å²) in [5, 5.41) is 16.1. The molecular weight excluding hydrogens is 332 g/mol. The van der Waals surface area contributed by atoms with Crippen LogP contribution in [-0.4, -0.2) is 17.6 Å². The highest BCUT2D eigenvalue weighted by molar-refractivity contribution is 9.10. The maximum atomic E-state index is 12.5. The fraction of sp³-hybridized carbons (Fsp3) is 0.188. The van der Waals surface area contributed by atoms with E-state index in [4.69, 9.17) is 0 Å². The minimum atomic E-state index is -0.208. The lowest BCUT2D eigenvalue weighted by Gasteiger charge is -2.26. The van der Waals surface area contributed by atoms with Crippen molar-refractivity contribution in [3.8, 4) is 5.75 Å². The number of carbonyl (C=O) groups is 1. The summed E-state index contributed by atoms with van der Waals surface area (Å²) < 4.78 is 0.561. The van der Waals surface area contributed by atoms with Gasteiger partial charge in [0, 0.05) is 12.2 Å². The molecule has 21 heavy (non-hydrogen) atoms. The number of nitrogens with one attached hydrogen (secondary N) is 2. The number of phenolic OH excluding ortho intramolecular Hbond substituents is 1. The third-order valence-corrected chi connectivity index (χ3v) is 4.29. The lowest BCUT2D eigenvalue weighted by atomic mass is 9.90. The van der Waals surface area contributed by atoms with E-state index in [9.17, 15) is 9.90 Å². The van der Waals surface area contributed by atoms with Gasteiger partial charge in [-0.3, -0.25) is 4.79 Å². The maximum absolute atomic E-state index is 12.5. The van der Waals surface area contributed by atoms with Crippen molar-refractivity contribution in [1.29, 1.82) is 0 Å². The minimum Gasteiger partial charge on any atom is -0.505 e. The van der Waals surface area contributed by atoms with E-state index in [1.807, 2.05) is 24.3 Å². The van der Waals surface area contributed by atoms with Crippen LogP contribution in [0, 0.1) is 0 Å². The average molecular weight is 347 g/mol. The lowest BCUT2D eigenvalue weighted by molar-refractivity contribution is -0.117. The van der Waals surface area contributed by atoms with Gasteiger partial charge in [0.15, 0.2) is 5.75 Å². The van der Waals surface area contributed by atoms with Gasteiger partial charge in [-0.1, -0.05) is 24.3 Å². The zero-order valence-electron chi connectivity index (χ0n) is 11.3. The first kappa shape index (κ1) is 13.9. The number of phenols is 1. The Morgan fingerprint density at radius 2 is 2.05 bits per heavy atom. The van der Waals surface area contributed by atoms with Gasteiger partial charge in [0.05, 0.1) is 16.1 Å². The number of anilines is 2. The Balaban J connectivity index is 1.85. The molecule has 0 radical (unpaired) electrons. The number of halogens is 1. The van der Waals surface area contributed by atoms with Gasteiger partial charge in [-0.15, -0.1) is 0 Å². The molecule has 0 fully saturated rings. The fourth-order valence-corrected chi connectivity index (χ4v) is 2.94. The van der Waals surface area contributed by atoms with Crippen molar-refractivity contribution in [2.24, 2.45) is 0 Å². The van der Waals surface area contributed by atoms with Gasteiger partial charge < -0.3 is 15.7 Å². The highest BCUT2D eigenvalue weighted by atomic mass is 79.9. The predicted molar refractivity (Wildman–Crippen MR) is 86.7 cm³/mol. The van der Waals surface area contributed by atoms with Crippen molar-refractivity contribution in [2.75, 3.05) is 17.2 Å². The lowest BCUT2D eigenvalue weighted by Crippen LogP contribution is -2.27. The highest BCUT2D eigenvalue weighted by Gasteiger charge is 2.26. The summed E-state index contributed by atoms with van der Waals surface area (Å²) in [7, 11) is 0. The van der Waals surface area contributed by atoms with Crippen LogP contribution >= 0.6 is 15.9 Å². The minimum absolute atomic E-state index is 0.0491. The summed E-state index contributed by atoms with van der Waals surface area (Å²) in [5.74, 6) is -0.258. The Bertz CT molecular complexity index is 688. The van der Waals surface area contributed by atoms with Crippen LogP contribution in [-0.2, 0) is 4.79 Å². The first-order valence-electron chi connectivity index (χ1n) is 6.78. The Hall–Kier alpha value is -2.01. The molecular formula is C16H15BrN2O2. The molecule has 0 aromatic heterocycles. The number of para-hydroxylation sites is 2. The van der Waals surface area contributed by atoms with Gasteiger partial charge in [0.1, 0.15) is 0 Å². The molecule has 1 aliphatic heterocycles. The molecule has 0 saturated heterocycles. The Morgan fingerprint density at radius 3 is 2.90 bits per heavy atom. The number of aromatic hydroxyl groups is 1. The van der Waals surface area contributed by atoms with Crippen LogP contribution in [0.3, 0.4) is 0 Å². The van der Waals surface area contributed by atoms with Crippen LogP contribution in [0.25, 0.3) is 0 Å². The smallest absolute Gasteiger partial charge is 0.232 e. The molecule has 108 valence electrons. The average Bonchev–Trinajstić information content (AvgIpc) is 2.51. The van der Waals surface area contributed by atoms with Crippen LogP contribution in [0.4, 0.5) is 11.4 Å². The van der Waals surface area contributed by atoms with Gasteiger partial charge in [0.25, 0.3) is 0 Å². The van der Waals surface area contributed by atoms with Crippen molar-refractivity contribution in [2.45, 2.75) is 12.3 Å². The predicted octanol–water partition coefficient (Wildman–Crippen LogP) is 3.69. The number of hydrogen-bond acceptors (Lipinski definition) is 3. The third kappa shape index (κ3) is 2.74. The molecule has 0 spiro atoms. The molecule has 1 aliphatic rings. The Kier molecular flexibility index (Phi) is 3.84. The normalized spacial score (nSPS) is 16.7. The van der Waals surface area contributed by atoms with Crippen LogP contribution < -0.4 is 10.6 Å². The van der Waals surface area contributed by atoms with E-state index < -0.39 is 0 Å². The molecule has 2 aromatic carbocycles. The quantitative estimate of drug-likeness (QED) is 0.726. The maximum Gasteiger partial charge on any atom is 0.232 e. The summed E-state index contributed by atoms with van der Waals surface area (Å²) in [6, 6.07) is 13.0. The van der Waals surface area contributed by atoms with Gasteiger partial charge in [-0.25, -0.2) is 0 Å². The second kappa shape index (κ2) is 5.77. The first-order valence-corrected chi connectivity index (χ1v) is 7.57. The SMILES string of the molecule is O=C(Nc1cccc(Br)c1O)C1CCNc2ccccc21. The monoisotopic (exact) mass is 346 g/mol. The number of benzene rings is 2. The molecule has 5 heteroatoms. The van der Waals surface area contributed by atoms with Gasteiger partial charge in [0.2, 0.25) is 5.91 Å². The van der Waals surface area contributed by atoms with Crippen molar-refractivity contribution >= 4 is 33.2 Å². The zero-order chi connectivity index (χ0) is 14.8. The van der Waals surface area contributed by atoms with Crippen molar-refractivity contribution in [1.82, 2.24) is 0 Å². The number of amides is 1. The molecule has 3 N–H and O–H groups in total. The number of fused-ring (bicyclic) bond motifs is 1. The number of carbonyl (C=O) groups excluding carboxylic acids is 1. The molecule has 1 unspecified atom stereocenters. The van der Waals surface area contributed by atoms with Crippen molar-refractivity contribution < 1.29 is 9.90 Å². The standard InChI is InChI=1S/C16H15BrN2O2/c17-12-5-3-7-14(15(12)20)19-16(21)11-8-9-18-13-6-2-1-4-10(11)13/h1-7,11,18,20H,8-9H2,(H,19,21). The van der Waals surface area contributed by atoms with Gasteiger partial charge >= 0.3 is 0 Å². The topological polar surface area (TPSA) is 61.4 Å². The molecule has 4 nitrogen and oxygen atoms in total. The van der Waals surface area contributed by atoms with Gasteiger partial charge in [-0.05, 0) is 46.1 Å². The summed E-state index contributed by atoms with van der Waals surface area (Å²) in [5.41, 5.74) is 2.42. The largest absolute Gasteiger partial charge is 0.505 e. The van der Waals surface area contributed by atoms with E-state index in [1.54, 1.807) is 18.2 Å². The summed E-state index contributed by atoms with van der Waals surface area (Å²) in [6.45, 7) is 0.763. The van der Waals surface area contributed by atoms with E-state index >= 15 is 0 Å². The third-order valence-electron chi connectivity index (χ3n) is 3.65. The molecule has 1 atom stereocenters. The van der Waals surface area contributed by atoms with E-state index in [0.29, 0.717) is 10.2 Å². The first-order chi connectivity index (χ1) is 10.2. The van der Waals surface area contributed by atoms with Crippen molar-refractivity contribution in [3.05, 3.63) is 52.5 Å². The molecule has 0 aliphatic carbocycles. The highest BCUT2D eigenvalue weighted by Crippen LogP contribution is 2.35.